The van der Waals surface area contributed by atoms with E-state index >= 15 is 0 Å². The van der Waals surface area contributed by atoms with Crippen molar-refractivity contribution in [1.82, 2.24) is 5.32 Å². The molecule has 0 spiro atoms. The predicted molar refractivity (Wildman–Crippen MR) is 71.3 cm³/mol. The fraction of sp³-hybridized carbons (Fsp3) is 0.600. The number of rotatable bonds is 7. The van der Waals surface area contributed by atoms with Gasteiger partial charge < -0.3 is 10.1 Å². The van der Waals surface area contributed by atoms with E-state index in [-0.39, 0.29) is 0 Å². The van der Waals surface area contributed by atoms with Gasteiger partial charge >= 0.3 is 0 Å². The summed E-state index contributed by atoms with van der Waals surface area (Å²) >= 11 is 0. The van der Waals surface area contributed by atoms with Gasteiger partial charge in [0, 0.05) is 13.1 Å². The number of hydrogen-bond donors (Lipinski definition) is 1. The maximum absolute atomic E-state index is 5.64. The van der Waals surface area contributed by atoms with Gasteiger partial charge in [0.2, 0.25) is 0 Å². The second-order valence-electron chi connectivity index (χ2n) is 5.36. The molecule has 0 radical (unpaired) electrons. The zero-order chi connectivity index (χ0) is 12.1. The fourth-order valence-corrected chi connectivity index (χ4v) is 2.21. The van der Waals surface area contributed by atoms with Crippen molar-refractivity contribution in [1.29, 1.82) is 0 Å². The van der Waals surface area contributed by atoms with Gasteiger partial charge in [0.1, 0.15) is 12.4 Å². The number of para-hydroxylation sites is 1. The highest BCUT2D eigenvalue weighted by Crippen LogP contribution is 2.51. The molecular weight excluding hydrogens is 210 g/mol. The summed E-state index contributed by atoms with van der Waals surface area (Å²) in [6.07, 6.45) is 2.77. The molecule has 2 heteroatoms. The molecule has 2 nitrogen and oxygen atoms in total. The van der Waals surface area contributed by atoms with Crippen molar-refractivity contribution in [3.05, 3.63) is 30.3 Å². The maximum Gasteiger partial charge on any atom is 0.119 e. The Bertz CT molecular complexity index is 330. The van der Waals surface area contributed by atoms with E-state index in [0.29, 0.717) is 5.41 Å². The van der Waals surface area contributed by atoms with E-state index in [1.165, 1.54) is 12.8 Å². The van der Waals surface area contributed by atoms with Gasteiger partial charge in [-0.3, -0.25) is 0 Å². The van der Waals surface area contributed by atoms with Crippen LogP contribution in [0, 0.1) is 11.3 Å². The molecule has 94 valence electrons. The molecule has 2 rings (SSSR count). The van der Waals surface area contributed by atoms with E-state index in [9.17, 15) is 0 Å². The fourth-order valence-electron chi connectivity index (χ4n) is 2.21. The molecule has 0 unspecified atom stereocenters. The minimum Gasteiger partial charge on any atom is -0.492 e. The van der Waals surface area contributed by atoms with Gasteiger partial charge in [-0.05, 0) is 36.3 Å². The minimum absolute atomic E-state index is 0.590. The van der Waals surface area contributed by atoms with Crippen LogP contribution in [0.1, 0.15) is 26.7 Å². The molecule has 1 aromatic rings. The van der Waals surface area contributed by atoms with Gasteiger partial charge in [-0.15, -0.1) is 0 Å². The first-order valence-electron chi connectivity index (χ1n) is 6.61. The standard InChI is InChI=1S/C15H23NO/c1-13(2)15(8-9-15)12-16-10-11-17-14-6-4-3-5-7-14/h3-7,13,16H,8-12H2,1-2H3. The van der Waals surface area contributed by atoms with E-state index < -0.39 is 0 Å². The van der Waals surface area contributed by atoms with Crippen molar-refractivity contribution in [2.24, 2.45) is 11.3 Å². The van der Waals surface area contributed by atoms with E-state index in [1.807, 2.05) is 30.3 Å². The third-order valence-electron chi connectivity index (χ3n) is 3.88. The quantitative estimate of drug-likeness (QED) is 0.731. The van der Waals surface area contributed by atoms with Crippen molar-refractivity contribution in [3.63, 3.8) is 0 Å². The molecule has 1 aliphatic rings. The van der Waals surface area contributed by atoms with Gasteiger partial charge in [0.15, 0.2) is 0 Å². The van der Waals surface area contributed by atoms with Crippen LogP contribution >= 0.6 is 0 Å². The number of benzene rings is 1. The van der Waals surface area contributed by atoms with E-state index in [2.05, 4.69) is 19.2 Å². The monoisotopic (exact) mass is 233 g/mol. The third-order valence-corrected chi connectivity index (χ3v) is 3.88. The normalized spacial score (nSPS) is 17.1. The zero-order valence-corrected chi connectivity index (χ0v) is 10.9. The largest absolute Gasteiger partial charge is 0.492 e. The molecule has 0 saturated heterocycles. The van der Waals surface area contributed by atoms with Crippen molar-refractivity contribution in [2.75, 3.05) is 19.7 Å². The molecule has 17 heavy (non-hydrogen) atoms. The lowest BCUT2D eigenvalue weighted by Gasteiger charge is -2.20. The molecule has 0 atom stereocenters. The zero-order valence-electron chi connectivity index (χ0n) is 10.9. The van der Waals surface area contributed by atoms with Crippen LogP contribution in [0.2, 0.25) is 0 Å². The number of hydrogen-bond acceptors (Lipinski definition) is 2. The summed E-state index contributed by atoms with van der Waals surface area (Å²) in [5, 5.41) is 3.51. The first kappa shape index (κ1) is 12.4. The Hall–Kier alpha value is -1.02. The van der Waals surface area contributed by atoms with Gasteiger partial charge in [-0.1, -0.05) is 32.0 Å². The molecular formula is C15H23NO. The van der Waals surface area contributed by atoms with Crippen LogP contribution in [-0.4, -0.2) is 19.7 Å². The Labute approximate surface area is 104 Å². The van der Waals surface area contributed by atoms with Crippen LogP contribution < -0.4 is 10.1 Å². The van der Waals surface area contributed by atoms with Crippen LogP contribution in [0.5, 0.6) is 5.75 Å². The van der Waals surface area contributed by atoms with Crippen molar-refractivity contribution >= 4 is 0 Å². The summed E-state index contributed by atoms with van der Waals surface area (Å²) in [5.41, 5.74) is 0.590. The third kappa shape index (κ3) is 3.47. The van der Waals surface area contributed by atoms with Crippen molar-refractivity contribution < 1.29 is 4.74 Å². The van der Waals surface area contributed by atoms with Gasteiger partial charge in [-0.2, -0.15) is 0 Å². The highest BCUT2D eigenvalue weighted by atomic mass is 16.5. The predicted octanol–water partition coefficient (Wildman–Crippen LogP) is 3.09. The van der Waals surface area contributed by atoms with Gasteiger partial charge in [-0.25, -0.2) is 0 Å². The SMILES string of the molecule is CC(C)C1(CNCCOc2ccccc2)CC1. The maximum atomic E-state index is 5.64. The lowest BCUT2D eigenvalue weighted by Crippen LogP contribution is -2.30. The Kier molecular flexibility index (Phi) is 4.06. The number of nitrogens with one attached hydrogen (secondary N) is 1. The topological polar surface area (TPSA) is 21.3 Å². The smallest absolute Gasteiger partial charge is 0.119 e. The highest BCUT2D eigenvalue weighted by Gasteiger charge is 2.44. The molecule has 0 bridgehead atoms. The second-order valence-corrected chi connectivity index (χ2v) is 5.36. The highest BCUT2D eigenvalue weighted by molar-refractivity contribution is 5.20. The summed E-state index contributed by atoms with van der Waals surface area (Å²) < 4.78 is 5.64. The minimum atomic E-state index is 0.590. The summed E-state index contributed by atoms with van der Waals surface area (Å²) in [7, 11) is 0. The molecule has 1 fully saturated rings. The van der Waals surface area contributed by atoms with Crippen LogP contribution in [-0.2, 0) is 0 Å². The molecule has 0 heterocycles. The molecule has 1 aliphatic carbocycles. The molecule has 1 aromatic carbocycles. The van der Waals surface area contributed by atoms with Crippen molar-refractivity contribution in [3.8, 4) is 5.75 Å². The van der Waals surface area contributed by atoms with E-state index in [4.69, 9.17) is 4.74 Å². The summed E-state index contributed by atoms with van der Waals surface area (Å²) in [4.78, 5) is 0. The average Bonchev–Trinajstić information content (AvgIpc) is 3.11. The lowest BCUT2D eigenvalue weighted by atomic mass is 9.92. The molecule has 1 saturated carbocycles. The lowest BCUT2D eigenvalue weighted by molar-refractivity contribution is 0.290. The van der Waals surface area contributed by atoms with E-state index in [0.717, 1.165) is 31.4 Å². The second kappa shape index (κ2) is 5.54. The van der Waals surface area contributed by atoms with Gasteiger partial charge in [0.25, 0.3) is 0 Å². The van der Waals surface area contributed by atoms with Gasteiger partial charge in [0.05, 0.1) is 0 Å². The molecule has 0 aliphatic heterocycles. The first-order chi connectivity index (χ1) is 8.23. The molecule has 0 amide bonds. The Morgan fingerprint density at radius 1 is 1.24 bits per heavy atom. The van der Waals surface area contributed by atoms with E-state index in [1.54, 1.807) is 0 Å². The first-order valence-corrected chi connectivity index (χ1v) is 6.61. The van der Waals surface area contributed by atoms with Crippen LogP contribution in [0.25, 0.3) is 0 Å². The molecule has 1 N–H and O–H groups in total. The Balaban J connectivity index is 1.58. The molecule has 0 aromatic heterocycles. The van der Waals surface area contributed by atoms with Crippen LogP contribution in [0.3, 0.4) is 0 Å². The summed E-state index contributed by atoms with van der Waals surface area (Å²) in [6.45, 7) is 7.48. The summed E-state index contributed by atoms with van der Waals surface area (Å²) in [5.74, 6) is 1.75. The average molecular weight is 233 g/mol. The van der Waals surface area contributed by atoms with Crippen LogP contribution in [0.15, 0.2) is 30.3 Å². The Morgan fingerprint density at radius 3 is 2.53 bits per heavy atom. The Morgan fingerprint density at radius 2 is 1.94 bits per heavy atom. The van der Waals surface area contributed by atoms with Crippen LogP contribution in [0.4, 0.5) is 0 Å². The number of ether oxygens (including phenoxy) is 1. The summed E-state index contributed by atoms with van der Waals surface area (Å²) in [6, 6.07) is 10.00. The van der Waals surface area contributed by atoms with Crippen molar-refractivity contribution in [2.45, 2.75) is 26.7 Å².